The van der Waals surface area contributed by atoms with Crippen molar-refractivity contribution in [2.24, 2.45) is 0 Å². The second-order valence-corrected chi connectivity index (χ2v) is 2.79. The molecule has 0 fully saturated rings. The van der Waals surface area contributed by atoms with E-state index in [0.29, 0.717) is 19.8 Å². The van der Waals surface area contributed by atoms with Gasteiger partial charge in [0, 0.05) is 13.2 Å². The molecule has 0 aliphatic carbocycles. The van der Waals surface area contributed by atoms with Gasteiger partial charge < -0.3 is 13.9 Å². The Morgan fingerprint density at radius 2 is 1.69 bits per heavy atom. The molecule has 0 bridgehead atoms. The van der Waals surface area contributed by atoms with Crippen LogP contribution >= 0.6 is 0 Å². The summed E-state index contributed by atoms with van der Waals surface area (Å²) < 4.78 is 15.2. The molecule has 3 nitrogen and oxygen atoms in total. The van der Waals surface area contributed by atoms with Crippen LogP contribution in [-0.4, -0.2) is 43.5 Å². The van der Waals surface area contributed by atoms with E-state index in [9.17, 15) is 0 Å². The molecular formula is C9H17O3Si. The average molecular weight is 201 g/mol. The molecule has 0 unspecified atom stereocenters. The minimum absolute atomic E-state index is 0.652. The van der Waals surface area contributed by atoms with Crippen LogP contribution in [0.3, 0.4) is 0 Å². The van der Waals surface area contributed by atoms with Crippen LogP contribution in [0.1, 0.15) is 12.8 Å². The van der Waals surface area contributed by atoms with Crippen molar-refractivity contribution < 1.29 is 13.9 Å². The Hall–Kier alpha value is -0.163. The fourth-order valence-electron chi connectivity index (χ4n) is 0.722. The maximum Gasteiger partial charge on any atom is 0.246 e. The van der Waals surface area contributed by atoms with Crippen LogP contribution in [0.15, 0.2) is 12.7 Å². The quantitative estimate of drug-likeness (QED) is 0.301. The number of rotatable bonds is 10. The first-order valence-electron chi connectivity index (χ1n) is 4.46. The van der Waals surface area contributed by atoms with Crippen molar-refractivity contribution in [3.63, 3.8) is 0 Å². The largest absolute Gasteiger partial charge is 0.419 e. The molecule has 0 aromatic heterocycles. The number of ether oxygens (including phenoxy) is 2. The fraction of sp³-hybridized carbons (Fsp3) is 0.778. The van der Waals surface area contributed by atoms with Crippen LogP contribution in [0, 0.1) is 0 Å². The number of hydrogen-bond acceptors (Lipinski definition) is 3. The second-order valence-electron chi connectivity index (χ2n) is 2.50. The average Bonchev–Trinajstić information content (AvgIpc) is 2.16. The zero-order chi connectivity index (χ0) is 9.78. The molecule has 0 aliphatic rings. The molecule has 0 aromatic carbocycles. The zero-order valence-electron chi connectivity index (χ0n) is 7.96. The third-order valence-electron chi connectivity index (χ3n) is 1.37. The third-order valence-corrected chi connectivity index (χ3v) is 1.58. The molecule has 0 aromatic rings. The highest BCUT2D eigenvalue weighted by Crippen LogP contribution is 1.86. The molecule has 0 aliphatic heterocycles. The summed E-state index contributed by atoms with van der Waals surface area (Å²) in [6.07, 6.45) is 3.64. The topological polar surface area (TPSA) is 27.7 Å². The predicted octanol–water partition coefficient (Wildman–Crippen LogP) is 1.09. The first-order valence-corrected chi connectivity index (χ1v) is 4.87. The molecule has 0 saturated carbocycles. The minimum atomic E-state index is 0.652. The smallest absolute Gasteiger partial charge is 0.246 e. The molecule has 0 spiro atoms. The monoisotopic (exact) mass is 201 g/mol. The minimum Gasteiger partial charge on any atom is -0.419 e. The van der Waals surface area contributed by atoms with Gasteiger partial charge in [-0.15, -0.1) is 6.58 Å². The number of hydrogen-bond donors (Lipinski definition) is 0. The van der Waals surface area contributed by atoms with E-state index in [-0.39, 0.29) is 0 Å². The molecule has 4 heteroatoms. The van der Waals surface area contributed by atoms with Crippen molar-refractivity contribution in [2.45, 2.75) is 12.8 Å². The Bertz CT molecular complexity index is 109. The van der Waals surface area contributed by atoms with E-state index in [0.717, 1.165) is 26.1 Å². The van der Waals surface area contributed by atoms with E-state index in [1.807, 2.05) is 6.08 Å². The summed E-state index contributed by atoms with van der Waals surface area (Å²) in [7, 11) is 2.91. The van der Waals surface area contributed by atoms with Crippen molar-refractivity contribution in [1.29, 1.82) is 0 Å². The Labute approximate surface area is 83.6 Å². The zero-order valence-corrected chi connectivity index (χ0v) is 8.96. The van der Waals surface area contributed by atoms with Crippen LogP contribution in [0.5, 0.6) is 0 Å². The van der Waals surface area contributed by atoms with Crippen LogP contribution in [0.2, 0.25) is 0 Å². The van der Waals surface area contributed by atoms with Crippen molar-refractivity contribution in [1.82, 2.24) is 0 Å². The maximum atomic E-state index is 5.26. The lowest BCUT2D eigenvalue weighted by Crippen LogP contribution is -2.07. The molecule has 0 rings (SSSR count). The highest BCUT2D eigenvalue weighted by molar-refractivity contribution is 5.97. The summed E-state index contributed by atoms with van der Waals surface area (Å²) in [4.78, 5) is 0. The molecule has 3 radical (unpaired) electrons. The molecule has 0 amide bonds. The van der Waals surface area contributed by atoms with Crippen molar-refractivity contribution in [3.8, 4) is 0 Å². The van der Waals surface area contributed by atoms with Crippen molar-refractivity contribution in [3.05, 3.63) is 12.7 Å². The van der Waals surface area contributed by atoms with Gasteiger partial charge in [-0.2, -0.15) is 0 Å². The SMILES string of the molecule is C=CCCOCCOCCCO[Si]. The van der Waals surface area contributed by atoms with E-state index >= 15 is 0 Å². The van der Waals surface area contributed by atoms with Gasteiger partial charge >= 0.3 is 0 Å². The molecule has 13 heavy (non-hydrogen) atoms. The lowest BCUT2D eigenvalue weighted by molar-refractivity contribution is 0.0454. The van der Waals surface area contributed by atoms with Crippen molar-refractivity contribution >= 4 is 10.5 Å². The Kier molecular flexibility index (Phi) is 11.7. The molecular weight excluding hydrogens is 184 g/mol. The van der Waals surface area contributed by atoms with E-state index in [4.69, 9.17) is 9.47 Å². The van der Waals surface area contributed by atoms with E-state index < -0.39 is 0 Å². The lowest BCUT2D eigenvalue weighted by atomic mass is 10.5. The first-order chi connectivity index (χ1) is 6.41. The summed E-state index contributed by atoms with van der Waals surface area (Å²) in [5, 5.41) is 0. The predicted molar refractivity (Wildman–Crippen MR) is 52.8 cm³/mol. The second kappa shape index (κ2) is 11.8. The molecule has 0 N–H and O–H groups in total. The third kappa shape index (κ3) is 11.8. The van der Waals surface area contributed by atoms with Crippen LogP contribution in [-0.2, 0) is 13.9 Å². The Morgan fingerprint density at radius 1 is 1.00 bits per heavy atom. The standard InChI is InChI=1S/C9H17O3Si/c1-2-3-5-10-8-9-11-6-4-7-12-13/h2H,1,3-9H2. The highest BCUT2D eigenvalue weighted by Gasteiger charge is 1.89. The van der Waals surface area contributed by atoms with Gasteiger partial charge in [-0.25, -0.2) is 0 Å². The molecule has 75 valence electrons. The summed E-state index contributed by atoms with van der Waals surface area (Å²) in [5.74, 6) is 0. The summed E-state index contributed by atoms with van der Waals surface area (Å²) in [6, 6.07) is 0. The summed E-state index contributed by atoms with van der Waals surface area (Å²) in [6.45, 7) is 7.03. The maximum absolute atomic E-state index is 5.26. The van der Waals surface area contributed by atoms with Gasteiger partial charge in [-0.05, 0) is 12.8 Å². The fourth-order valence-corrected chi connectivity index (χ4v) is 0.866. The van der Waals surface area contributed by atoms with Gasteiger partial charge in [-0.3, -0.25) is 0 Å². The van der Waals surface area contributed by atoms with Gasteiger partial charge in [0.1, 0.15) is 0 Å². The van der Waals surface area contributed by atoms with Gasteiger partial charge in [0.2, 0.25) is 10.5 Å². The van der Waals surface area contributed by atoms with Gasteiger partial charge in [0.15, 0.2) is 0 Å². The van der Waals surface area contributed by atoms with Crippen LogP contribution in [0.4, 0.5) is 0 Å². The van der Waals surface area contributed by atoms with E-state index in [1.54, 1.807) is 0 Å². The van der Waals surface area contributed by atoms with Crippen LogP contribution in [0.25, 0.3) is 0 Å². The van der Waals surface area contributed by atoms with E-state index in [2.05, 4.69) is 21.5 Å². The lowest BCUT2D eigenvalue weighted by Gasteiger charge is -2.04. The summed E-state index contributed by atoms with van der Waals surface area (Å²) >= 11 is 0. The van der Waals surface area contributed by atoms with E-state index in [1.165, 1.54) is 0 Å². The molecule has 0 saturated heterocycles. The molecule has 0 heterocycles. The van der Waals surface area contributed by atoms with Gasteiger partial charge in [0.05, 0.1) is 19.8 Å². The van der Waals surface area contributed by atoms with Crippen LogP contribution < -0.4 is 0 Å². The molecule has 0 atom stereocenters. The summed E-state index contributed by atoms with van der Waals surface area (Å²) in [5.41, 5.74) is 0. The van der Waals surface area contributed by atoms with Gasteiger partial charge in [-0.1, -0.05) is 6.08 Å². The Morgan fingerprint density at radius 3 is 2.31 bits per heavy atom. The van der Waals surface area contributed by atoms with Gasteiger partial charge in [0.25, 0.3) is 0 Å². The highest BCUT2D eigenvalue weighted by atomic mass is 28.2. The normalized spacial score (nSPS) is 10.2. The van der Waals surface area contributed by atoms with Crippen molar-refractivity contribution in [2.75, 3.05) is 33.0 Å². The first kappa shape index (κ1) is 12.8. The Balaban J connectivity index is 2.79.